The second-order valence-corrected chi connectivity index (χ2v) is 4.50. The van der Waals surface area contributed by atoms with Crippen LogP contribution in [0.15, 0.2) is 42.5 Å². The fourth-order valence-corrected chi connectivity index (χ4v) is 1.96. The Morgan fingerprint density at radius 3 is 2.63 bits per heavy atom. The Bertz CT molecular complexity index is 554. The van der Waals surface area contributed by atoms with E-state index in [4.69, 9.17) is 4.74 Å². The summed E-state index contributed by atoms with van der Waals surface area (Å²) in [6.45, 7) is 3.10. The van der Waals surface area contributed by atoms with Gasteiger partial charge in [0.15, 0.2) is 0 Å². The summed E-state index contributed by atoms with van der Waals surface area (Å²) in [5.74, 6) is 0.650. The monoisotopic (exact) mass is 259 g/mol. The molecule has 2 aromatic carbocycles. The molecule has 2 aromatic rings. The molecule has 0 fully saturated rings. The molecule has 0 saturated heterocycles. The van der Waals surface area contributed by atoms with Gasteiger partial charge in [-0.05, 0) is 43.3 Å². The van der Waals surface area contributed by atoms with Crippen molar-refractivity contribution in [2.24, 2.45) is 0 Å². The van der Waals surface area contributed by atoms with Gasteiger partial charge in [-0.2, -0.15) is 0 Å². The fraction of sp³-hybridized carbons (Fsp3) is 0.250. The summed E-state index contributed by atoms with van der Waals surface area (Å²) in [5.41, 5.74) is 3.02. The SMILES string of the molecule is CNCc1ccccc1OCc1ccc(F)cc1C. The minimum absolute atomic E-state index is 0.211. The summed E-state index contributed by atoms with van der Waals surface area (Å²) in [7, 11) is 1.90. The lowest BCUT2D eigenvalue weighted by Crippen LogP contribution is -2.07. The van der Waals surface area contributed by atoms with Crippen LogP contribution in [0, 0.1) is 12.7 Å². The highest BCUT2D eigenvalue weighted by atomic mass is 19.1. The quantitative estimate of drug-likeness (QED) is 0.888. The number of para-hydroxylation sites is 1. The molecule has 0 aliphatic heterocycles. The topological polar surface area (TPSA) is 21.3 Å². The Hall–Kier alpha value is -1.87. The molecule has 0 bridgehead atoms. The van der Waals surface area contributed by atoms with Gasteiger partial charge in [0.25, 0.3) is 0 Å². The number of rotatable bonds is 5. The van der Waals surface area contributed by atoms with E-state index in [2.05, 4.69) is 5.32 Å². The van der Waals surface area contributed by atoms with Crippen LogP contribution in [0.3, 0.4) is 0 Å². The zero-order valence-corrected chi connectivity index (χ0v) is 11.2. The molecule has 0 saturated carbocycles. The van der Waals surface area contributed by atoms with Gasteiger partial charge in [-0.15, -0.1) is 0 Å². The maximum absolute atomic E-state index is 13.0. The van der Waals surface area contributed by atoms with Crippen molar-refractivity contribution in [3.05, 3.63) is 65.0 Å². The molecule has 100 valence electrons. The third-order valence-electron chi connectivity index (χ3n) is 3.03. The summed E-state index contributed by atoms with van der Waals surface area (Å²) in [6.07, 6.45) is 0. The molecule has 0 atom stereocenters. The lowest BCUT2D eigenvalue weighted by Gasteiger charge is -2.12. The molecule has 0 amide bonds. The average Bonchev–Trinajstić information content (AvgIpc) is 2.40. The predicted molar refractivity (Wildman–Crippen MR) is 74.7 cm³/mol. The molecule has 1 N–H and O–H groups in total. The van der Waals surface area contributed by atoms with Gasteiger partial charge in [-0.25, -0.2) is 4.39 Å². The van der Waals surface area contributed by atoms with Gasteiger partial charge in [0.2, 0.25) is 0 Å². The third kappa shape index (κ3) is 3.55. The van der Waals surface area contributed by atoms with Crippen LogP contribution in [0.5, 0.6) is 5.75 Å². The van der Waals surface area contributed by atoms with E-state index in [0.29, 0.717) is 6.61 Å². The van der Waals surface area contributed by atoms with E-state index >= 15 is 0 Å². The van der Waals surface area contributed by atoms with E-state index in [1.165, 1.54) is 12.1 Å². The second kappa shape index (κ2) is 6.34. The molecular formula is C16H18FNO. The third-order valence-corrected chi connectivity index (χ3v) is 3.03. The number of hydrogen-bond acceptors (Lipinski definition) is 2. The predicted octanol–water partition coefficient (Wildman–Crippen LogP) is 3.43. The van der Waals surface area contributed by atoms with E-state index in [1.54, 1.807) is 6.07 Å². The highest BCUT2D eigenvalue weighted by Gasteiger charge is 2.04. The summed E-state index contributed by atoms with van der Waals surface area (Å²) in [6, 6.07) is 12.7. The van der Waals surface area contributed by atoms with Crippen molar-refractivity contribution in [2.45, 2.75) is 20.1 Å². The molecule has 0 aliphatic carbocycles. The molecule has 0 spiro atoms. The van der Waals surface area contributed by atoms with Crippen LogP contribution in [0.2, 0.25) is 0 Å². The zero-order valence-electron chi connectivity index (χ0n) is 11.2. The van der Waals surface area contributed by atoms with E-state index < -0.39 is 0 Å². The van der Waals surface area contributed by atoms with Crippen LogP contribution in [0.25, 0.3) is 0 Å². The van der Waals surface area contributed by atoms with E-state index in [-0.39, 0.29) is 5.82 Å². The molecule has 2 rings (SSSR count). The Morgan fingerprint density at radius 1 is 1.11 bits per heavy atom. The first-order valence-corrected chi connectivity index (χ1v) is 6.31. The van der Waals surface area contributed by atoms with E-state index in [0.717, 1.165) is 29.0 Å². The second-order valence-electron chi connectivity index (χ2n) is 4.50. The number of nitrogens with one attached hydrogen (secondary N) is 1. The standard InChI is InChI=1S/C16H18FNO/c1-12-9-15(17)8-7-14(12)11-19-16-6-4-3-5-13(16)10-18-2/h3-9,18H,10-11H2,1-2H3. The van der Waals surface area contributed by atoms with Crippen molar-refractivity contribution in [2.75, 3.05) is 7.05 Å². The van der Waals surface area contributed by atoms with Crippen LogP contribution in [-0.4, -0.2) is 7.05 Å². The number of aryl methyl sites for hydroxylation is 1. The van der Waals surface area contributed by atoms with E-state index in [1.807, 2.05) is 38.2 Å². The van der Waals surface area contributed by atoms with Crippen molar-refractivity contribution in [3.8, 4) is 5.75 Å². The lowest BCUT2D eigenvalue weighted by atomic mass is 10.1. The fourth-order valence-electron chi connectivity index (χ4n) is 1.96. The van der Waals surface area contributed by atoms with Crippen molar-refractivity contribution in [1.82, 2.24) is 5.32 Å². The van der Waals surface area contributed by atoms with Crippen molar-refractivity contribution in [3.63, 3.8) is 0 Å². The lowest BCUT2D eigenvalue weighted by molar-refractivity contribution is 0.301. The van der Waals surface area contributed by atoms with Crippen molar-refractivity contribution in [1.29, 1.82) is 0 Å². The van der Waals surface area contributed by atoms with Crippen molar-refractivity contribution < 1.29 is 9.13 Å². The van der Waals surface area contributed by atoms with Crippen LogP contribution >= 0.6 is 0 Å². The first-order chi connectivity index (χ1) is 9.20. The summed E-state index contributed by atoms with van der Waals surface area (Å²) >= 11 is 0. The Kier molecular flexibility index (Phi) is 4.53. The zero-order chi connectivity index (χ0) is 13.7. The Labute approximate surface area is 113 Å². The summed E-state index contributed by atoms with van der Waals surface area (Å²) < 4.78 is 18.9. The highest BCUT2D eigenvalue weighted by Crippen LogP contribution is 2.20. The molecular weight excluding hydrogens is 241 g/mol. The largest absolute Gasteiger partial charge is 0.489 e. The number of hydrogen-bond donors (Lipinski definition) is 1. The molecule has 0 heterocycles. The van der Waals surface area contributed by atoms with Crippen LogP contribution in [0.1, 0.15) is 16.7 Å². The molecule has 2 nitrogen and oxygen atoms in total. The van der Waals surface area contributed by atoms with Gasteiger partial charge in [0.05, 0.1) is 0 Å². The van der Waals surface area contributed by atoms with Crippen LogP contribution < -0.4 is 10.1 Å². The van der Waals surface area contributed by atoms with Gasteiger partial charge in [-0.1, -0.05) is 24.3 Å². The smallest absolute Gasteiger partial charge is 0.124 e. The molecule has 0 aromatic heterocycles. The number of benzene rings is 2. The summed E-state index contributed by atoms with van der Waals surface area (Å²) in [4.78, 5) is 0. The van der Waals surface area contributed by atoms with Gasteiger partial charge in [0.1, 0.15) is 18.2 Å². The first kappa shape index (κ1) is 13.6. The van der Waals surface area contributed by atoms with Crippen LogP contribution in [-0.2, 0) is 13.2 Å². The van der Waals surface area contributed by atoms with Gasteiger partial charge in [0, 0.05) is 12.1 Å². The molecule has 0 radical (unpaired) electrons. The molecule has 3 heteroatoms. The average molecular weight is 259 g/mol. The first-order valence-electron chi connectivity index (χ1n) is 6.31. The van der Waals surface area contributed by atoms with E-state index in [9.17, 15) is 4.39 Å². The molecule has 0 unspecified atom stereocenters. The minimum Gasteiger partial charge on any atom is -0.489 e. The number of ether oxygens (including phenoxy) is 1. The Balaban J connectivity index is 2.10. The Morgan fingerprint density at radius 2 is 1.89 bits per heavy atom. The van der Waals surface area contributed by atoms with Gasteiger partial charge >= 0.3 is 0 Å². The maximum atomic E-state index is 13.0. The summed E-state index contributed by atoms with van der Waals surface area (Å²) in [5, 5.41) is 3.11. The van der Waals surface area contributed by atoms with Crippen LogP contribution in [0.4, 0.5) is 4.39 Å². The minimum atomic E-state index is -0.211. The number of halogens is 1. The molecule has 19 heavy (non-hydrogen) atoms. The van der Waals surface area contributed by atoms with Crippen molar-refractivity contribution >= 4 is 0 Å². The van der Waals surface area contributed by atoms with Gasteiger partial charge < -0.3 is 10.1 Å². The maximum Gasteiger partial charge on any atom is 0.124 e. The normalized spacial score (nSPS) is 10.5. The van der Waals surface area contributed by atoms with Gasteiger partial charge in [-0.3, -0.25) is 0 Å². The highest BCUT2D eigenvalue weighted by molar-refractivity contribution is 5.34. The molecule has 0 aliphatic rings.